The van der Waals surface area contributed by atoms with E-state index in [0.29, 0.717) is 30.1 Å². The van der Waals surface area contributed by atoms with E-state index < -0.39 is 0 Å². The van der Waals surface area contributed by atoms with Crippen LogP contribution in [0.3, 0.4) is 0 Å². The number of hydrogen-bond acceptors (Lipinski definition) is 3. The van der Waals surface area contributed by atoms with Gasteiger partial charge in [0, 0.05) is 17.6 Å². The maximum atomic E-state index is 11.3. The van der Waals surface area contributed by atoms with Gasteiger partial charge in [0.2, 0.25) is 5.91 Å². The van der Waals surface area contributed by atoms with Gasteiger partial charge in [0.25, 0.3) is 0 Å². The van der Waals surface area contributed by atoms with E-state index >= 15 is 0 Å². The van der Waals surface area contributed by atoms with Gasteiger partial charge in [-0.05, 0) is 49.3 Å². The molecule has 2 saturated heterocycles. The molecular formula is C16H20N2O2. The Kier molecular flexibility index (Phi) is 3.57. The molecule has 3 atom stereocenters. The summed E-state index contributed by atoms with van der Waals surface area (Å²) < 4.78 is 0. The van der Waals surface area contributed by atoms with E-state index in [1.165, 1.54) is 18.4 Å². The molecule has 4 heteroatoms. The number of carbonyl (C=O) groups is 2. The Morgan fingerprint density at radius 1 is 1.30 bits per heavy atom. The number of nitrogens with two attached hydrogens (primary N) is 1. The highest BCUT2D eigenvalue weighted by Crippen LogP contribution is 2.42. The van der Waals surface area contributed by atoms with Crippen molar-refractivity contribution in [3.63, 3.8) is 0 Å². The highest BCUT2D eigenvalue weighted by atomic mass is 16.1. The second-order valence-electron chi connectivity index (χ2n) is 5.91. The average molecular weight is 272 g/mol. The number of benzene rings is 1. The van der Waals surface area contributed by atoms with Crippen molar-refractivity contribution in [2.75, 3.05) is 6.54 Å². The minimum absolute atomic E-state index is 0.367. The topological polar surface area (TPSA) is 63.4 Å². The predicted octanol–water partition coefficient (Wildman–Crippen LogP) is 1.69. The molecule has 3 rings (SSSR count). The Bertz CT molecular complexity index is 515. The monoisotopic (exact) mass is 272 g/mol. The lowest BCUT2D eigenvalue weighted by molar-refractivity contribution is -0.109. The summed E-state index contributed by atoms with van der Waals surface area (Å²) in [5.74, 6) is 0.114. The third-order valence-corrected chi connectivity index (χ3v) is 4.81. The van der Waals surface area contributed by atoms with Crippen molar-refractivity contribution in [2.24, 2.45) is 5.73 Å². The van der Waals surface area contributed by atoms with Crippen LogP contribution in [0.5, 0.6) is 0 Å². The number of nitrogens with zero attached hydrogens (tertiary/aromatic N) is 1. The number of aldehydes is 1. The highest BCUT2D eigenvalue weighted by Gasteiger charge is 2.40. The van der Waals surface area contributed by atoms with Gasteiger partial charge >= 0.3 is 0 Å². The van der Waals surface area contributed by atoms with E-state index in [4.69, 9.17) is 5.73 Å². The van der Waals surface area contributed by atoms with Gasteiger partial charge < -0.3 is 10.5 Å². The maximum absolute atomic E-state index is 11.3. The summed E-state index contributed by atoms with van der Waals surface area (Å²) in [7, 11) is 0. The predicted molar refractivity (Wildman–Crippen MR) is 76.5 cm³/mol. The molecule has 2 heterocycles. The largest absolute Gasteiger partial charge is 0.366 e. The first-order chi connectivity index (χ1) is 9.69. The molecule has 20 heavy (non-hydrogen) atoms. The molecule has 2 bridgehead atoms. The molecule has 2 fully saturated rings. The molecule has 0 radical (unpaired) electrons. The zero-order chi connectivity index (χ0) is 14.1. The van der Waals surface area contributed by atoms with Crippen LogP contribution < -0.4 is 5.73 Å². The zero-order valence-electron chi connectivity index (χ0n) is 11.5. The van der Waals surface area contributed by atoms with E-state index in [1.54, 1.807) is 6.07 Å². The van der Waals surface area contributed by atoms with Crippen LogP contribution in [0.1, 0.15) is 47.5 Å². The number of hydrogen-bond donors (Lipinski definition) is 1. The van der Waals surface area contributed by atoms with Crippen LogP contribution in [-0.2, 0) is 4.79 Å². The lowest BCUT2D eigenvalue weighted by atomic mass is 9.84. The second kappa shape index (κ2) is 5.37. The number of rotatable bonds is 4. The summed E-state index contributed by atoms with van der Waals surface area (Å²) in [6.45, 7) is 0.559. The van der Waals surface area contributed by atoms with E-state index in [9.17, 15) is 9.59 Å². The molecule has 2 aliphatic heterocycles. The molecule has 4 nitrogen and oxygen atoms in total. The van der Waals surface area contributed by atoms with Crippen molar-refractivity contribution in [2.45, 2.75) is 43.7 Å². The fourth-order valence-corrected chi connectivity index (χ4v) is 3.88. The van der Waals surface area contributed by atoms with Crippen LogP contribution in [0.4, 0.5) is 0 Å². The first kappa shape index (κ1) is 13.3. The standard InChI is InChI=1S/C16H20N2O2/c17-16(20)12-3-1-2-11(8-12)13-9-14-4-5-15(10-13)18(14)6-7-19/h1-3,7-8,13-15H,4-6,9-10H2,(H2,17,20)/t13-,14+,15-. The van der Waals surface area contributed by atoms with Crippen LogP contribution >= 0.6 is 0 Å². The summed E-state index contributed by atoms with van der Waals surface area (Å²) in [6.07, 6.45) is 5.54. The molecule has 0 spiro atoms. The van der Waals surface area contributed by atoms with Gasteiger partial charge in [-0.25, -0.2) is 0 Å². The summed E-state index contributed by atoms with van der Waals surface area (Å²) in [4.78, 5) is 24.4. The van der Waals surface area contributed by atoms with Gasteiger partial charge in [0.1, 0.15) is 6.29 Å². The fourth-order valence-electron chi connectivity index (χ4n) is 3.88. The zero-order valence-corrected chi connectivity index (χ0v) is 11.5. The fraction of sp³-hybridized carbons (Fsp3) is 0.500. The molecule has 1 aromatic rings. The molecule has 0 saturated carbocycles. The van der Waals surface area contributed by atoms with Crippen molar-refractivity contribution in [1.82, 2.24) is 4.90 Å². The molecule has 106 valence electrons. The SMILES string of the molecule is NC(=O)c1cccc([C@H]2C[C@H]3CC[C@@H](C2)N3CC=O)c1. The summed E-state index contributed by atoms with van der Waals surface area (Å²) >= 11 is 0. The molecule has 2 aliphatic rings. The molecular weight excluding hydrogens is 252 g/mol. The number of carbonyl (C=O) groups excluding carboxylic acids is 2. The van der Waals surface area contributed by atoms with Gasteiger partial charge in [-0.1, -0.05) is 12.1 Å². The van der Waals surface area contributed by atoms with Crippen LogP contribution in [0, 0.1) is 0 Å². The summed E-state index contributed by atoms with van der Waals surface area (Å²) in [5.41, 5.74) is 7.15. The Balaban J connectivity index is 1.79. The van der Waals surface area contributed by atoms with Crippen molar-refractivity contribution in [1.29, 1.82) is 0 Å². The minimum Gasteiger partial charge on any atom is -0.366 e. The molecule has 0 aliphatic carbocycles. The normalized spacial score (nSPS) is 29.3. The quantitative estimate of drug-likeness (QED) is 0.848. The Morgan fingerprint density at radius 2 is 2.00 bits per heavy atom. The van der Waals surface area contributed by atoms with Gasteiger partial charge in [-0.2, -0.15) is 0 Å². The molecule has 1 aromatic carbocycles. The van der Waals surface area contributed by atoms with Crippen molar-refractivity contribution >= 4 is 12.2 Å². The van der Waals surface area contributed by atoms with Gasteiger partial charge in [0.15, 0.2) is 0 Å². The minimum atomic E-state index is -0.367. The number of primary amides is 1. The highest BCUT2D eigenvalue weighted by molar-refractivity contribution is 5.92. The van der Waals surface area contributed by atoms with Crippen molar-refractivity contribution < 1.29 is 9.59 Å². The summed E-state index contributed by atoms with van der Waals surface area (Å²) in [5, 5.41) is 0. The second-order valence-corrected chi connectivity index (χ2v) is 5.91. The Morgan fingerprint density at radius 3 is 2.60 bits per heavy atom. The summed E-state index contributed by atoms with van der Waals surface area (Å²) in [6, 6.07) is 8.73. The van der Waals surface area contributed by atoms with E-state index in [2.05, 4.69) is 11.0 Å². The van der Waals surface area contributed by atoms with Crippen molar-refractivity contribution in [3.05, 3.63) is 35.4 Å². The third-order valence-electron chi connectivity index (χ3n) is 4.81. The third kappa shape index (κ3) is 2.36. The van der Waals surface area contributed by atoms with Crippen LogP contribution in [0.25, 0.3) is 0 Å². The van der Waals surface area contributed by atoms with Crippen LogP contribution in [-0.4, -0.2) is 35.7 Å². The smallest absolute Gasteiger partial charge is 0.248 e. The van der Waals surface area contributed by atoms with Gasteiger partial charge in [-0.15, -0.1) is 0 Å². The van der Waals surface area contributed by atoms with E-state index in [0.717, 1.165) is 19.1 Å². The molecule has 0 unspecified atom stereocenters. The van der Waals surface area contributed by atoms with Gasteiger partial charge in [-0.3, -0.25) is 9.69 Å². The van der Waals surface area contributed by atoms with Crippen LogP contribution in [0.15, 0.2) is 24.3 Å². The lowest BCUT2D eigenvalue weighted by Gasteiger charge is -2.38. The lowest BCUT2D eigenvalue weighted by Crippen LogP contribution is -2.43. The maximum Gasteiger partial charge on any atom is 0.248 e. The first-order valence-corrected chi connectivity index (χ1v) is 7.28. The Labute approximate surface area is 118 Å². The molecule has 0 aromatic heterocycles. The number of amides is 1. The average Bonchev–Trinajstić information content (AvgIpc) is 2.70. The molecule has 1 amide bonds. The van der Waals surface area contributed by atoms with E-state index in [-0.39, 0.29) is 5.91 Å². The Hall–Kier alpha value is -1.68. The van der Waals surface area contributed by atoms with Crippen LogP contribution in [0.2, 0.25) is 0 Å². The number of fused-ring (bicyclic) bond motifs is 2. The molecule has 2 N–H and O–H groups in total. The van der Waals surface area contributed by atoms with Gasteiger partial charge in [0.05, 0.1) is 6.54 Å². The first-order valence-electron chi connectivity index (χ1n) is 7.28. The van der Waals surface area contributed by atoms with Crippen molar-refractivity contribution in [3.8, 4) is 0 Å². The van der Waals surface area contributed by atoms with E-state index in [1.807, 2.05) is 12.1 Å². The number of piperidine rings is 1.